The fourth-order valence-electron chi connectivity index (χ4n) is 5.22. The van der Waals surface area contributed by atoms with Crippen LogP contribution in [0.3, 0.4) is 0 Å². The van der Waals surface area contributed by atoms with E-state index in [0.717, 1.165) is 42.1 Å². The Morgan fingerprint density at radius 3 is 2.75 bits per heavy atom. The molecule has 8 nitrogen and oxygen atoms in total. The fraction of sp³-hybridized carbons (Fsp3) is 0.571. The monoisotopic (exact) mass is 495 g/mol. The topological polar surface area (TPSA) is 101 Å². The lowest BCUT2D eigenvalue weighted by atomic mass is 9.81. The Kier molecular flexibility index (Phi) is 7.99. The molecule has 3 heterocycles. The van der Waals surface area contributed by atoms with Crippen molar-refractivity contribution in [1.29, 1.82) is 0 Å². The van der Waals surface area contributed by atoms with Gasteiger partial charge in [0.1, 0.15) is 24.3 Å². The Bertz CT molecular complexity index is 1090. The van der Waals surface area contributed by atoms with Gasteiger partial charge in [-0.3, -0.25) is 0 Å². The molecule has 2 atom stereocenters. The highest BCUT2D eigenvalue weighted by atomic mass is 16.5. The van der Waals surface area contributed by atoms with Crippen LogP contribution >= 0.6 is 0 Å². The minimum absolute atomic E-state index is 0.0556. The molecule has 0 bridgehead atoms. The van der Waals surface area contributed by atoms with Crippen LogP contribution in [0.15, 0.2) is 30.3 Å². The predicted octanol–water partition coefficient (Wildman–Crippen LogP) is 3.55. The second kappa shape index (κ2) is 10.8. The Balaban J connectivity index is 1.73. The third-order valence-corrected chi connectivity index (χ3v) is 6.52. The summed E-state index contributed by atoms with van der Waals surface area (Å²) in [7, 11) is 1.81. The quantitative estimate of drug-likeness (QED) is 0.419. The van der Waals surface area contributed by atoms with Crippen molar-refractivity contribution in [1.82, 2.24) is 20.6 Å². The van der Waals surface area contributed by atoms with Crippen molar-refractivity contribution in [2.24, 2.45) is 0 Å². The van der Waals surface area contributed by atoms with Crippen LogP contribution in [0.4, 0.5) is 5.82 Å². The van der Waals surface area contributed by atoms with Gasteiger partial charge in [-0.25, -0.2) is 9.97 Å². The van der Waals surface area contributed by atoms with Gasteiger partial charge in [0.15, 0.2) is 5.82 Å². The van der Waals surface area contributed by atoms with Crippen molar-refractivity contribution in [3.8, 4) is 17.1 Å². The number of aliphatic hydroxyl groups is 1. The summed E-state index contributed by atoms with van der Waals surface area (Å²) < 4.78 is 11.4. The van der Waals surface area contributed by atoms with Crippen molar-refractivity contribution < 1.29 is 14.6 Å². The van der Waals surface area contributed by atoms with E-state index in [1.165, 1.54) is 5.57 Å². The summed E-state index contributed by atoms with van der Waals surface area (Å²) >= 11 is 0. The second-order valence-electron chi connectivity index (χ2n) is 11.2. The highest BCUT2D eigenvalue weighted by Gasteiger charge is 2.34. The first kappa shape index (κ1) is 26.5. The summed E-state index contributed by atoms with van der Waals surface area (Å²) in [5.41, 5.74) is 3.91. The van der Waals surface area contributed by atoms with Gasteiger partial charge in [-0.1, -0.05) is 18.2 Å². The maximum atomic E-state index is 10.0. The molecule has 1 saturated heterocycles. The molecule has 1 fully saturated rings. The van der Waals surface area contributed by atoms with E-state index in [9.17, 15) is 5.11 Å². The van der Waals surface area contributed by atoms with Gasteiger partial charge < -0.3 is 30.5 Å². The van der Waals surface area contributed by atoms with E-state index in [1.54, 1.807) is 7.05 Å². The Morgan fingerprint density at radius 2 is 2.06 bits per heavy atom. The van der Waals surface area contributed by atoms with Gasteiger partial charge in [0.2, 0.25) is 0 Å². The molecule has 0 radical (unpaired) electrons. The summed E-state index contributed by atoms with van der Waals surface area (Å²) in [6, 6.07) is 8.00. The molecule has 4 N–H and O–H groups in total. The zero-order chi connectivity index (χ0) is 25.9. The van der Waals surface area contributed by atoms with Crippen LogP contribution in [0, 0.1) is 6.92 Å². The lowest BCUT2D eigenvalue weighted by Crippen LogP contribution is -2.53. The lowest BCUT2D eigenvalue weighted by Gasteiger charge is -2.41. The number of hydrogen-bond donors (Lipinski definition) is 4. The number of likely N-dealkylation sites (N-methyl/N-ethyl adjacent to an activating group) is 1. The molecule has 0 amide bonds. The third-order valence-electron chi connectivity index (χ3n) is 6.52. The Labute approximate surface area is 214 Å². The van der Waals surface area contributed by atoms with E-state index in [2.05, 4.69) is 56.6 Å². The van der Waals surface area contributed by atoms with Crippen LogP contribution in [0.5, 0.6) is 5.75 Å². The standard InChI is InChI=1S/C28H41N5O3/c1-18-24(20-13-27(2,3)33-28(4,5)14-20)31-26(32-25(18)30-21-10-11-35-16-21)19-8-7-9-23(12-19)36-17-22(34)15-29-6/h7-9,12-13,21-22,29,33-34H,10-11,14-17H2,1-6H3,(H,30,31,32). The maximum absolute atomic E-state index is 10.0. The van der Waals surface area contributed by atoms with E-state index >= 15 is 0 Å². The molecule has 0 spiro atoms. The van der Waals surface area contributed by atoms with Crippen LogP contribution in [0.1, 0.15) is 51.8 Å². The average Bonchev–Trinajstić information content (AvgIpc) is 3.30. The van der Waals surface area contributed by atoms with Crippen molar-refractivity contribution in [2.45, 2.75) is 70.7 Å². The lowest BCUT2D eigenvalue weighted by molar-refractivity contribution is 0.108. The average molecular weight is 496 g/mol. The maximum Gasteiger partial charge on any atom is 0.162 e. The smallest absolute Gasteiger partial charge is 0.162 e. The number of aliphatic hydroxyl groups excluding tert-OH is 1. The highest BCUT2D eigenvalue weighted by molar-refractivity contribution is 5.74. The molecule has 36 heavy (non-hydrogen) atoms. The number of nitrogens with zero attached hydrogens (tertiary/aromatic N) is 2. The van der Waals surface area contributed by atoms with Crippen LogP contribution in [0.2, 0.25) is 0 Å². The number of hydrogen-bond acceptors (Lipinski definition) is 8. The van der Waals surface area contributed by atoms with E-state index < -0.39 is 6.10 Å². The molecule has 2 aromatic rings. The minimum atomic E-state index is -0.580. The first-order valence-electron chi connectivity index (χ1n) is 12.9. The van der Waals surface area contributed by atoms with Crippen LogP contribution in [0.25, 0.3) is 17.0 Å². The Morgan fingerprint density at radius 1 is 1.25 bits per heavy atom. The van der Waals surface area contributed by atoms with E-state index in [4.69, 9.17) is 19.4 Å². The van der Waals surface area contributed by atoms with E-state index in [-0.39, 0.29) is 23.7 Å². The number of benzene rings is 1. The molecule has 8 heteroatoms. The SMILES string of the molecule is CNCC(O)COc1cccc(-c2nc(NC3CCOC3)c(C)c(C3=CC(C)(C)NC(C)(C)C3)n2)c1. The molecule has 0 aliphatic carbocycles. The van der Waals surface area contributed by atoms with Gasteiger partial charge in [-0.15, -0.1) is 0 Å². The number of anilines is 1. The zero-order valence-corrected chi connectivity index (χ0v) is 22.4. The van der Waals surface area contributed by atoms with Gasteiger partial charge >= 0.3 is 0 Å². The molecule has 196 valence electrons. The largest absolute Gasteiger partial charge is 0.491 e. The molecule has 2 aliphatic rings. The van der Waals surface area contributed by atoms with E-state index in [1.807, 2.05) is 24.3 Å². The number of ether oxygens (including phenoxy) is 2. The van der Waals surface area contributed by atoms with Crippen LogP contribution in [-0.4, -0.2) is 71.7 Å². The van der Waals surface area contributed by atoms with Gasteiger partial charge in [0, 0.05) is 35.4 Å². The molecular weight excluding hydrogens is 454 g/mol. The molecule has 0 saturated carbocycles. The predicted molar refractivity (Wildman–Crippen MR) is 144 cm³/mol. The second-order valence-corrected chi connectivity index (χ2v) is 11.2. The highest BCUT2D eigenvalue weighted by Crippen LogP contribution is 2.37. The molecular formula is C28H41N5O3. The van der Waals surface area contributed by atoms with E-state index in [0.29, 0.717) is 24.7 Å². The van der Waals surface area contributed by atoms with Gasteiger partial charge in [-0.05, 0) is 72.2 Å². The van der Waals surface area contributed by atoms with Crippen molar-refractivity contribution in [2.75, 3.05) is 38.7 Å². The molecule has 4 rings (SSSR count). The van der Waals surface area contributed by atoms with Crippen molar-refractivity contribution in [3.63, 3.8) is 0 Å². The summed E-state index contributed by atoms with van der Waals surface area (Å²) in [6.45, 7) is 13.1. The Hall–Kier alpha value is -2.52. The third kappa shape index (κ3) is 6.62. The zero-order valence-electron chi connectivity index (χ0n) is 22.4. The van der Waals surface area contributed by atoms with Gasteiger partial charge in [0.05, 0.1) is 18.3 Å². The summed E-state index contributed by atoms with van der Waals surface area (Å²) in [5, 5.41) is 20.3. The number of nitrogens with one attached hydrogen (secondary N) is 3. The summed E-state index contributed by atoms with van der Waals surface area (Å²) in [6.07, 6.45) is 3.54. The molecule has 2 unspecified atom stereocenters. The number of rotatable bonds is 9. The first-order valence-corrected chi connectivity index (χ1v) is 12.9. The van der Waals surface area contributed by atoms with Crippen molar-refractivity contribution in [3.05, 3.63) is 41.6 Å². The van der Waals surface area contributed by atoms with Crippen LogP contribution in [-0.2, 0) is 4.74 Å². The van der Waals surface area contributed by atoms with Crippen molar-refractivity contribution >= 4 is 11.4 Å². The molecule has 1 aromatic heterocycles. The van der Waals surface area contributed by atoms with Crippen LogP contribution < -0.4 is 20.7 Å². The molecule has 2 aliphatic heterocycles. The first-order chi connectivity index (χ1) is 17.0. The summed E-state index contributed by atoms with van der Waals surface area (Å²) in [5.74, 6) is 2.17. The molecule has 1 aromatic carbocycles. The minimum Gasteiger partial charge on any atom is -0.491 e. The number of aromatic nitrogens is 2. The normalized spacial score (nSPS) is 21.6. The summed E-state index contributed by atoms with van der Waals surface area (Å²) in [4.78, 5) is 10.1. The van der Waals surface area contributed by atoms with Gasteiger partial charge in [0.25, 0.3) is 0 Å². The van der Waals surface area contributed by atoms with Gasteiger partial charge in [-0.2, -0.15) is 0 Å². The fourth-order valence-corrected chi connectivity index (χ4v) is 5.22.